The Morgan fingerprint density at radius 2 is 2.00 bits per heavy atom. The molecule has 0 fully saturated rings. The predicted octanol–water partition coefficient (Wildman–Crippen LogP) is 1.04. The van der Waals surface area contributed by atoms with E-state index in [1.807, 2.05) is 0 Å². The van der Waals surface area contributed by atoms with Crippen LogP contribution in [0.3, 0.4) is 0 Å². The number of hydrogen-bond acceptors (Lipinski definition) is 3. The summed E-state index contributed by atoms with van der Waals surface area (Å²) in [6.07, 6.45) is 0.960. The van der Waals surface area contributed by atoms with Crippen molar-refractivity contribution in [3.05, 3.63) is 40.3 Å². The summed E-state index contributed by atoms with van der Waals surface area (Å²) >= 11 is 5.71. The summed E-state index contributed by atoms with van der Waals surface area (Å²) in [5.41, 5.74) is 0.194. The molecule has 3 nitrogen and oxygen atoms in total. The van der Waals surface area contributed by atoms with Crippen molar-refractivity contribution >= 4 is 27.2 Å². The Balaban J connectivity index is 3.20. The number of hydrogen-bond donors (Lipinski definition) is 0. The zero-order valence-corrected chi connectivity index (χ0v) is 8.97. The number of halogens is 1. The maximum absolute atomic E-state index is 11.4. The van der Waals surface area contributed by atoms with Crippen molar-refractivity contribution in [2.75, 3.05) is 6.26 Å². The lowest BCUT2D eigenvalue weighted by molar-refractivity contribution is -0.243. The molecule has 0 bridgehead atoms. The van der Waals surface area contributed by atoms with Crippen molar-refractivity contribution in [1.29, 1.82) is 0 Å². The SMILES string of the molecule is CS(=O)(=O)/C=C(\[O-])c1ccccc1Cl. The first-order chi connectivity index (χ1) is 6.40. The molecule has 0 saturated carbocycles. The Hall–Kier alpha value is -1.00. The van der Waals surface area contributed by atoms with E-state index in [0.29, 0.717) is 5.41 Å². The molecule has 0 radical (unpaired) electrons. The Labute approximate surface area is 87.6 Å². The third-order valence-electron chi connectivity index (χ3n) is 1.46. The van der Waals surface area contributed by atoms with Gasteiger partial charge in [0.2, 0.25) is 0 Å². The van der Waals surface area contributed by atoms with Crippen molar-refractivity contribution in [1.82, 2.24) is 0 Å². The maximum Gasteiger partial charge on any atom is 0.168 e. The number of rotatable bonds is 2. The fourth-order valence-electron chi connectivity index (χ4n) is 0.919. The highest BCUT2D eigenvalue weighted by Gasteiger charge is 2.00. The Morgan fingerprint density at radius 3 is 2.50 bits per heavy atom. The highest BCUT2D eigenvalue weighted by molar-refractivity contribution is 7.93. The van der Waals surface area contributed by atoms with Gasteiger partial charge in [-0.1, -0.05) is 35.6 Å². The van der Waals surface area contributed by atoms with E-state index in [0.717, 1.165) is 6.26 Å². The molecule has 0 aliphatic rings. The molecule has 0 heterocycles. The van der Waals surface area contributed by atoms with E-state index in [9.17, 15) is 13.5 Å². The van der Waals surface area contributed by atoms with Gasteiger partial charge < -0.3 is 5.11 Å². The Kier molecular flexibility index (Phi) is 3.18. The smallest absolute Gasteiger partial charge is 0.168 e. The Morgan fingerprint density at radius 1 is 1.43 bits per heavy atom. The number of sulfone groups is 1. The van der Waals surface area contributed by atoms with Crippen LogP contribution >= 0.6 is 11.6 Å². The van der Waals surface area contributed by atoms with Gasteiger partial charge in [0, 0.05) is 16.7 Å². The summed E-state index contributed by atoms with van der Waals surface area (Å²) in [6, 6.07) is 6.30. The molecule has 1 aromatic rings. The highest BCUT2D eigenvalue weighted by atomic mass is 35.5. The van der Waals surface area contributed by atoms with Gasteiger partial charge in [-0.05, 0) is 11.6 Å². The minimum atomic E-state index is -3.42. The normalized spacial score (nSPS) is 12.9. The fraction of sp³-hybridized carbons (Fsp3) is 0.111. The molecule has 0 saturated heterocycles. The van der Waals surface area contributed by atoms with Gasteiger partial charge in [-0.15, -0.1) is 0 Å². The van der Waals surface area contributed by atoms with Gasteiger partial charge in [-0.25, -0.2) is 8.42 Å². The van der Waals surface area contributed by atoms with Crippen LogP contribution in [-0.2, 0) is 9.84 Å². The first kappa shape index (κ1) is 11.1. The lowest BCUT2D eigenvalue weighted by Crippen LogP contribution is -2.05. The standard InChI is InChI=1S/C9H9ClO3S/c1-14(12,13)6-9(11)7-4-2-3-5-8(7)10/h2-6,11H,1H3/p-1/b9-6-. The van der Waals surface area contributed by atoms with Gasteiger partial charge in [0.05, 0.1) is 0 Å². The minimum absolute atomic E-state index is 0.194. The molecule has 14 heavy (non-hydrogen) atoms. The molecule has 1 aromatic carbocycles. The molecule has 0 aromatic heterocycles. The molecule has 76 valence electrons. The minimum Gasteiger partial charge on any atom is -0.872 e. The van der Waals surface area contributed by atoms with Crippen LogP contribution in [0.4, 0.5) is 0 Å². The van der Waals surface area contributed by atoms with Crippen LogP contribution < -0.4 is 5.11 Å². The zero-order valence-electron chi connectivity index (χ0n) is 7.40. The maximum atomic E-state index is 11.4. The predicted molar refractivity (Wildman–Crippen MR) is 54.3 cm³/mol. The molecular weight excluding hydrogens is 224 g/mol. The number of benzene rings is 1. The second-order valence-electron chi connectivity index (χ2n) is 2.79. The average Bonchev–Trinajstić information content (AvgIpc) is 2.01. The highest BCUT2D eigenvalue weighted by Crippen LogP contribution is 2.20. The lowest BCUT2D eigenvalue weighted by atomic mass is 10.2. The molecule has 0 unspecified atom stereocenters. The van der Waals surface area contributed by atoms with Gasteiger partial charge in [-0.2, -0.15) is 0 Å². The summed E-state index contributed by atoms with van der Waals surface area (Å²) in [7, 11) is -3.42. The lowest BCUT2D eigenvalue weighted by Gasteiger charge is -2.12. The van der Waals surface area contributed by atoms with Crippen LogP contribution in [0.2, 0.25) is 5.02 Å². The van der Waals surface area contributed by atoms with E-state index < -0.39 is 15.6 Å². The molecule has 1 rings (SSSR count). The molecular formula is C9H8ClO3S-. The van der Waals surface area contributed by atoms with Gasteiger partial charge in [0.15, 0.2) is 9.84 Å². The average molecular weight is 232 g/mol. The molecule has 0 aliphatic heterocycles. The molecule has 0 atom stereocenters. The summed E-state index contributed by atoms with van der Waals surface area (Å²) in [4.78, 5) is 0. The Bertz CT molecular complexity index is 463. The molecule has 0 aliphatic carbocycles. The van der Waals surface area contributed by atoms with Crippen molar-refractivity contribution in [3.8, 4) is 0 Å². The molecule has 0 N–H and O–H groups in total. The third-order valence-corrected chi connectivity index (χ3v) is 2.43. The van der Waals surface area contributed by atoms with E-state index in [4.69, 9.17) is 11.6 Å². The third kappa shape index (κ3) is 3.05. The molecule has 0 amide bonds. The van der Waals surface area contributed by atoms with Gasteiger partial charge in [-0.3, -0.25) is 0 Å². The van der Waals surface area contributed by atoms with Crippen molar-refractivity contribution in [2.24, 2.45) is 0 Å². The quantitative estimate of drug-likeness (QED) is 0.715. The van der Waals surface area contributed by atoms with Crippen molar-refractivity contribution in [3.63, 3.8) is 0 Å². The van der Waals surface area contributed by atoms with Crippen LogP contribution in [0.1, 0.15) is 5.56 Å². The van der Waals surface area contributed by atoms with Crippen molar-refractivity contribution in [2.45, 2.75) is 0 Å². The van der Waals surface area contributed by atoms with E-state index in [1.165, 1.54) is 12.1 Å². The van der Waals surface area contributed by atoms with E-state index in [2.05, 4.69) is 0 Å². The molecule has 0 spiro atoms. The van der Waals surface area contributed by atoms with E-state index >= 15 is 0 Å². The zero-order chi connectivity index (χ0) is 10.8. The first-order valence-corrected chi connectivity index (χ1v) is 6.07. The van der Waals surface area contributed by atoms with Gasteiger partial charge in [0.25, 0.3) is 0 Å². The second kappa shape index (κ2) is 4.02. The largest absolute Gasteiger partial charge is 0.872 e. The van der Waals surface area contributed by atoms with Crippen LogP contribution in [0.5, 0.6) is 0 Å². The van der Waals surface area contributed by atoms with Gasteiger partial charge in [0.1, 0.15) is 0 Å². The summed E-state index contributed by atoms with van der Waals surface area (Å²) < 4.78 is 21.6. The monoisotopic (exact) mass is 231 g/mol. The first-order valence-electron chi connectivity index (χ1n) is 3.74. The van der Waals surface area contributed by atoms with Crippen LogP contribution in [-0.4, -0.2) is 14.7 Å². The van der Waals surface area contributed by atoms with Crippen LogP contribution in [0.15, 0.2) is 29.7 Å². The van der Waals surface area contributed by atoms with Crippen LogP contribution in [0.25, 0.3) is 5.76 Å². The summed E-state index contributed by atoms with van der Waals surface area (Å²) in [6.45, 7) is 0. The fourth-order valence-corrected chi connectivity index (χ4v) is 1.66. The topological polar surface area (TPSA) is 57.2 Å². The summed E-state index contributed by atoms with van der Waals surface area (Å²) in [5.74, 6) is -0.599. The van der Waals surface area contributed by atoms with Gasteiger partial charge >= 0.3 is 0 Å². The van der Waals surface area contributed by atoms with Crippen LogP contribution in [0, 0.1) is 0 Å². The van der Waals surface area contributed by atoms with Crippen molar-refractivity contribution < 1.29 is 13.5 Å². The van der Waals surface area contributed by atoms with E-state index in [1.54, 1.807) is 12.1 Å². The summed E-state index contributed by atoms with van der Waals surface area (Å²) in [5, 5.41) is 12.3. The van der Waals surface area contributed by atoms with E-state index in [-0.39, 0.29) is 10.6 Å². The second-order valence-corrected chi connectivity index (χ2v) is 5.09. The molecule has 5 heteroatoms.